The minimum absolute atomic E-state index is 0.0527. The van der Waals surface area contributed by atoms with Crippen molar-refractivity contribution in [2.24, 2.45) is 11.8 Å². The standard InChI is InChI=1S/C25H32N2O3S/c28-25(26-17-13-22(14-18-26)12-11-21-7-3-1-4-8-21)23-15-19-27(20-16-23)31(29,30)24-9-5-2-6-10-24/h1-10,22-23H,11-20H2. The van der Waals surface area contributed by atoms with Gasteiger partial charge in [0.25, 0.3) is 0 Å². The number of sulfonamides is 1. The van der Waals surface area contributed by atoms with E-state index in [9.17, 15) is 13.2 Å². The van der Waals surface area contributed by atoms with Gasteiger partial charge in [0, 0.05) is 32.1 Å². The van der Waals surface area contributed by atoms with E-state index in [0.717, 1.165) is 32.4 Å². The highest BCUT2D eigenvalue weighted by Gasteiger charge is 2.34. The first kappa shape index (κ1) is 22.0. The van der Waals surface area contributed by atoms with Crippen LogP contribution >= 0.6 is 0 Å². The van der Waals surface area contributed by atoms with Crippen LogP contribution in [0.3, 0.4) is 0 Å². The third kappa shape index (κ3) is 5.36. The molecule has 2 aliphatic heterocycles. The molecular formula is C25H32N2O3S. The van der Waals surface area contributed by atoms with E-state index in [2.05, 4.69) is 30.3 Å². The number of carbonyl (C=O) groups is 1. The van der Waals surface area contributed by atoms with E-state index >= 15 is 0 Å². The van der Waals surface area contributed by atoms with Gasteiger partial charge in [-0.05, 0) is 62.1 Å². The molecule has 0 bridgehead atoms. The van der Waals surface area contributed by atoms with Crippen LogP contribution in [0, 0.1) is 11.8 Å². The summed E-state index contributed by atoms with van der Waals surface area (Å²) in [7, 11) is -3.46. The van der Waals surface area contributed by atoms with E-state index in [0.29, 0.717) is 36.7 Å². The molecule has 2 aliphatic rings. The molecule has 4 rings (SSSR count). The Morgan fingerprint density at radius 1 is 0.806 bits per heavy atom. The van der Waals surface area contributed by atoms with Crippen LogP contribution in [0.15, 0.2) is 65.6 Å². The number of benzene rings is 2. The first-order valence-corrected chi connectivity index (χ1v) is 12.9. The van der Waals surface area contributed by atoms with Gasteiger partial charge in [0.2, 0.25) is 15.9 Å². The van der Waals surface area contributed by atoms with Gasteiger partial charge in [0.1, 0.15) is 0 Å². The number of nitrogens with zero attached hydrogens (tertiary/aromatic N) is 2. The summed E-state index contributed by atoms with van der Waals surface area (Å²) in [6.45, 7) is 2.50. The van der Waals surface area contributed by atoms with Crippen molar-refractivity contribution in [3.63, 3.8) is 0 Å². The molecule has 6 heteroatoms. The lowest BCUT2D eigenvalue weighted by atomic mass is 9.89. The van der Waals surface area contributed by atoms with Crippen LogP contribution in [0.2, 0.25) is 0 Å². The molecule has 0 atom stereocenters. The SMILES string of the molecule is O=C(C1CCN(S(=O)(=O)c2ccccc2)CC1)N1CCC(CCc2ccccc2)CC1. The lowest BCUT2D eigenvalue weighted by Gasteiger charge is -2.37. The lowest BCUT2D eigenvalue weighted by molar-refractivity contribution is -0.138. The van der Waals surface area contributed by atoms with Crippen LogP contribution in [0.4, 0.5) is 0 Å². The summed E-state index contributed by atoms with van der Waals surface area (Å²) in [4.78, 5) is 15.4. The Labute approximate surface area is 186 Å². The topological polar surface area (TPSA) is 57.7 Å². The maximum atomic E-state index is 13.0. The number of amides is 1. The van der Waals surface area contributed by atoms with E-state index in [1.807, 2.05) is 11.0 Å². The van der Waals surface area contributed by atoms with Crippen molar-refractivity contribution in [2.45, 2.75) is 43.4 Å². The number of hydrogen-bond donors (Lipinski definition) is 0. The summed E-state index contributed by atoms with van der Waals surface area (Å²) in [5.41, 5.74) is 1.39. The fraction of sp³-hybridized carbons (Fsp3) is 0.480. The Hall–Kier alpha value is -2.18. The molecule has 2 fully saturated rings. The Morgan fingerprint density at radius 3 is 2.00 bits per heavy atom. The molecule has 2 aromatic carbocycles. The zero-order valence-corrected chi connectivity index (χ0v) is 18.8. The van der Waals surface area contributed by atoms with Gasteiger partial charge in [-0.15, -0.1) is 0 Å². The largest absolute Gasteiger partial charge is 0.342 e. The summed E-state index contributed by atoms with van der Waals surface area (Å²) in [5, 5.41) is 0. The molecule has 0 aromatic heterocycles. The van der Waals surface area contributed by atoms with Gasteiger partial charge < -0.3 is 4.90 Å². The molecule has 0 N–H and O–H groups in total. The molecule has 0 saturated carbocycles. The number of hydrogen-bond acceptors (Lipinski definition) is 3. The highest BCUT2D eigenvalue weighted by molar-refractivity contribution is 7.89. The Kier molecular flexibility index (Phi) is 7.08. The van der Waals surface area contributed by atoms with Crippen LogP contribution in [0.25, 0.3) is 0 Å². The van der Waals surface area contributed by atoms with Crippen molar-refractivity contribution in [2.75, 3.05) is 26.2 Å². The summed E-state index contributed by atoms with van der Waals surface area (Å²) in [6, 6.07) is 19.2. The third-order valence-corrected chi connectivity index (χ3v) is 8.71. The molecule has 0 spiro atoms. The Morgan fingerprint density at radius 2 is 1.39 bits per heavy atom. The van der Waals surface area contributed by atoms with Crippen molar-refractivity contribution in [3.05, 3.63) is 66.2 Å². The molecule has 31 heavy (non-hydrogen) atoms. The van der Waals surface area contributed by atoms with Gasteiger partial charge in [0.15, 0.2) is 0 Å². The zero-order chi connectivity index (χ0) is 21.7. The molecular weight excluding hydrogens is 408 g/mol. The smallest absolute Gasteiger partial charge is 0.243 e. The van der Waals surface area contributed by atoms with Gasteiger partial charge in [0.05, 0.1) is 4.90 Å². The number of piperidine rings is 2. The van der Waals surface area contributed by atoms with Gasteiger partial charge in [-0.3, -0.25) is 4.79 Å². The maximum absolute atomic E-state index is 13.0. The molecule has 0 radical (unpaired) electrons. The third-order valence-electron chi connectivity index (χ3n) is 6.79. The second-order valence-electron chi connectivity index (χ2n) is 8.78. The fourth-order valence-electron chi connectivity index (χ4n) is 4.80. The summed E-state index contributed by atoms with van der Waals surface area (Å²) < 4.78 is 27.1. The van der Waals surface area contributed by atoms with E-state index in [4.69, 9.17) is 0 Å². The molecule has 5 nitrogen and oxygen atoms in total. The predicted molar refractivity (Wildman–Crippen MR) is 122 cm³/mol. The number of likely N-dealkylation sites (tertiary alicyclic amines) is 1. The van der Waals surface area contributed by atoms with Crippen molar-refractivity contribution in [1.29, 1.82) is 0 Å². The minimum atomic E-state index is -3.46. The highest BCUT2D eigenvalue weighted by atomic mass is 32.2. The maximum Gasteiger partial charge on any atom is 0.243 e. The van der Waals surface area contributed by atoms with E-state index < -0.39 is 10.0 Å². The predicted octanol–water partition coefficient (Wildman–Crippen LogP) is 3.96. The number of carbonyl (C=O) groups excluding carboxylic acids is 1. The minimum Gasteiger partial charge on any atom is -0.342 e. The Bertz CT molecular complexity index is 947. The molecule has 2 aromatic rings. The summed E-state index contributed by atoms with van der Waals surface area (Å²) >= 11 is 0. The van der Waals surface area contributed by atoms with Crippen LogP contribution in [-0.4, -0.2) is 49.7 Å². The van der Waals surface area contributed by atoms with Gasteiger partial charge in [-0.2, -0.15) is 4.31 Å². The second-order valence-corrected chi connectivity index (χ2v) is 10.7. The van der Waals surface area contributed by atoms with Crippen molar-refractivity contribution < 1.29 is 13.2 Å². The van der Waals surface area contributed by atoms with Crippen LogP contribution in [0.1, 0.15) is 37.7 Å². The second kappa shape index (κ2) is 9.96. The monoisotopic (exact) mass is 440 g/mol. The fourth-order valence-corrected chi connectivity index (χ4v) is 6.29. The van der Waals surface area contributed by atoms with Crippen LogP contribution in [-0.2, 0) is 21.2 Å². The van der Waals surface area contributed by atoms with Gasteiger partial charge in [-0.25, -0.2) is 8.42 Å². The molecule has 0 aliphatic carbocycles. The van der Waals surface area contributed by atoms with Gasteiger partial charge in [-0.1, -0.05) is 48.5 Å². The molecule has 166 valence electrons. The van der Waals surface area contributed by atoms with E-state index in [-0.39, 0.29) is 11.8 Å². The average molecular weight is 441 g/mol. The van der Waals surface area contributed by atoms with Crippen molar-refractivity contribution in [1.82, 2.24) is 9.21 Å². The number of aryl methyl sites for hydroxylation is 1. The summed E-state index contributed by atoms with van der Waals surface area (Å²) in [6.07, 6.45) is 5.65. The lowest BCUT2D eigenvalue weighted by Crippen LogP contribution is -2.46. The van der Waals surface area contributed by atoms with Gasteiger partial charge >= 0.3 is 0 Å². The van der Waals surface area contributed by atoms with E-state index in [1.54, 1.807) is 24.3 Å². The summed E-state index contributed by atoms with van der Waals surface area (Å²) in [5.74, 6) is 0.850. The first-order valence-electron chi connectivity index (χ1n) is 11.4. The Balaban J connectivity index is 1.23. The zero-order valence-electron chi connectivity index (χ0n) is 18.0. The highest BCUT2D eigenvalue weighted by Crippen LogP contribution is 2.28. The van der Waals surface area contributed by atoms with Crippen molar-refractivity contribution in [3.8, 4) is 0 Å². The molecule has 1 amide bonds. The average Bonchev–Trinajstić information content (AvgIpc) is 2.84. The van der Waals surface area contributed by atoms with Crippen LogP contribution < -0.4 is 0 Å². The molecule has 2 heterocycles. The van der Waals surface area contributed by atoms with E-state index in [1.165, 1.54) is 16.3 Å². The van der Waals surface area contributed by atoms with Crippen molar-refractivity contribution >= 4 is 15.9 Å². The molecule has 2 saturated heterocycles. The first-order chi connectivity index (χ1) is 15.0. The molecule has 0 unspecified atom stereocenters. The normalized spacial score (nSPS) is 19.4. The quantitative estimate of drug-likeness (QED) is 0.683. The van der Waals surface area contributed by atoms with Crippen LogP contribution in [0.5, 0.6) is 0 Å². The number of rotatable bonds is 6.